The van der Waals surface area contributed by atoms with Gasteiger partial charge < -0.3 is 15.0 Å². The third kappa shape index (κ3) is 4.10. The fraction of sp³-hybridized carbons (Fsp3) is 0.321. The molecule has 4 heteroatoms. The van der Waals surface area contributed by atoms with E-state index in [1.54, 1.807) is 0 Å². The summed E-state index contributed by atoms with van der Waals surface area (Å²) in [6.45, 7) is 9.46. The van der Waals surface area contributed by atoms with Crippen LogP contribution in [-0.4, -0.2) is 24.6 Å². The second-order valence-corrected chi connectivity index (χ2v) is 9.24. The predicted octanol–water partition coefficient (Wildman–Crippen LogP) is 6.02. The summed E-state index contributed by atoms with van der Waals surface area (Å²) < 4.78 is 5.50. The lowest BCUT2D eigenvalue weighted by atomic mass is 9.65. The molecule has 0 bridgehead atoms. The molecule has 0 spiro atoms. The van der Waals surface area contributed by atoms with E-state index in [1.165, 1.54) is 11.1 Å². The zero-order valence-electron chi connectivity index (χ0n) is 19.4. The number of carbonyl (C=O) groups is 1. The van der Waals surface area contributed by atoms with Crippen molar-refractivity contribution in [1.29, 1.82) is 0 Å². The summed E-state index contributed by atoms with van der Waals surface area (Å²) >= 11 is 0. The lowest BCUT2D eigenvalue weighted by Crippen LogP contribution is -2.57. The van der Waals surface area contributed by atoms with Crippen LogP contribution in [0.2, 0.25) is 0 Å². The number of fused-ring (bicyclic) bond motifs is 1. The highest BCUT2D eigenvalue weighted by atomic mass is 16.5. The Morgan fingerprint density at radius 3 is 2.28 bits per heavy atom. The Bertz CT molecular complexity index is 1080. The van der Waals surface area contributed by atoms with Crippen molar-refractivity contribution in [3.05, 3.63) is 90.0 Å². The monoisotopic (exact) mass is 428 g/mol. The number of amides is 1. The van der Waals surface area contributed by atoms with E-state index in [9.17, 15) is 4.79 Å². The number of anilines is 2. The van der Waals surface area contributed by atoms with Crippen molar-refractivity contribution < 1.29 is 9.53 Å². The summed E-state index contributed by atoms with van der Waals surface area (Å²) in [6, 6.07) is 26.7. The number of para-hydroxylation sites is 1. The Kier molecular flexibility index (Phi) is 5.96. The first-order chi connectivity index (χ1) is 15.3. The topological polar surface area (TPSA) is 41.6 Å². The average molecular weight is 429 g/mol. The van der Waals surface area contributed by atoms with Crippen molar-refractivity contribution in [3.63, 3.8) is 0 Å². The molecule has 1 heterocycles. The minimum atomic E-state index is -0.337. The molecule has 166 valence electrons. The number of rotatable bonds is 6. The van der Waals surface area contributed by atoms with Crippen LogP contribution < -0.4 is 15.0 Å². The van der Waals surface area contributed by atoms with Crippen LogP contribution in [0.1, 0.15) is 45.2 Å². The van der Waals surface area contributed by atoms with E-state index < -0.39 is 0 Å². The van der Waals surface area contributed by atoms with E-state index in [0.717, 1.165) is 23.5 Å². The molecule has 0 aromatic heterocycles. The lowest BCUT2D eigenvalue weighted by molar-refractivity contribution is -0.118. The summed E-state index contributed by atoms with van der Waals surface area (Å²) in [5, 5.41) is 3.29. The van der Waals surface area contributed by atoms with Gasteiger partial charge in [-0.3, -0.25) is 4.79 Å². The first kappa shape index (κ1) is 21.9. The van der Waals surface area contributed by atoms with E-state index >= 15 is 0 Å². The molecular weight excluding hydrogens is 396 g/mol. The number of hydrogen-bond donors (Lipinski definition) is 1. The fourth-order valence-electron chi connectivity index (χ4n) is 5.13. The van der Waals surface area contributed by atoms with Crippen LogP contribution in [0.5, 0.6) is 5.75 Å². The molecule has 1 atom stereocenters. The number of nitrogens with zero attached hydrogens (tertiary/aromatic N) is 1. The standard InChI is InChI=1S/C28H32N2O2/c1-5-32-23-17-15-22(16-18-23)29-19-26(31)30-25-14-10-9-13-24(25)28(4,20-27(30,2)3)21-11-7-6-8-12-21/h6-18,29H,5,19-20H2,1-4H3. The number of nitrogens with one attached hydrogen (secondary N) is 1. The molecule has 32 heavy (non-hydrogen) atoms. The van der Waals surface area contributed by atoms with E-state index in [2.05, 4.69) is 74.6 Å². The molecule has 0 saturated carbocycles. The van der Waals surface area contributed by atoms with Gasteiger partial charge in [-0.1, -0.05) is 55.5 Å². The maximum atomic E-state index is 13.5. The van der Waals surface area contributed by atoms with Gasteiger partial charge in [-0.15, -0.1) is 0 Å². The van der Waals surface area contributed by atoms with Crippen LogP contribution in [-0.2, 0) is 10.2 Å². The van der Waals surface area contributed by atoms with Crippen LogP contribution >= 0.6 is 0 Å². The highest BCUT2D eigenvalue weighted by Gasteiger charge is 2.47. The van der Waals surface area contributed by atoms with E-state index in [1.807, 2.05) is 42.2 Å². The molecule has 1 aliphatic rings. The number of hydrogen-bond acceptors (Lipinski definition) is 3. The van der Waals surface area contributed by atoms with E-state index in [0.29, 0.717) is 6.61 Å². The van der Waals surface area contributed by atoms with Crippen LogP contribution in [0.15, 0.2) is 78.9 Å². The molecule has 1 unspecified atom stereocenters. The highest BCUT2D eigenvalue weighted by Crippen LogP contribution is 2.50. The molecule has 3 aromatic rings. The highest BCUT2D eigenvalue weighted by molar-refractivity contribution is 5.99. The van der Waals surface area contributed by atoms with Gasteiger partial charge in [0.15, 0.2) is 0 Å². The SMILES string of the molecule is CCOc1ccc(NCC(=O)N2c3ccccc3C(C)(c3ccccc3)CC2(C)C)cc1. The third-order valence-corrected chi connectivity index (χ3v) is 6.40. The molecule has 0 radical (unpaired) electrons. The van der Waals surface area contributed by atoms with Gasteiger partial charge in [0.2, 0.25) is 5.91 Å². The molecule has 4 rings (SSSR count). The van der Waals surface area contributed by atoms with Gasteiger partial charge in [0, 0.05) is 22.3 Å². The first-order valence-corrected chi connectivity index (χ1v) is 11.3. The normalized spacial score (nSPS) is 19.2. The lowest BCUT2D eigenvalue weighted by Gasteiger charge is -2.51. The van der Waals surface area contributed by atoms with Crippen molar-refractivity contribution in [3.8, 4) is 5.75 Å². The molecule has 0 saturated heterocycles. The zero-order chi connectivity index (χ0) is 22.8. The zero-order valence-corrected chi connectivity index (χ0v) is 19.4. The molecule has 1 aliphatic heterocycles. The van der Waals surface area contributed by atoms with Crippen LogP contribution in [0.25, 0.3) is 0 Å². The molecule has 0 fully saturated rings. The predicted molar refractivity (Wildman–Crippen MR) is 132 cm³/mol. The van der Waals surface area contributed by atoms with E-state index in [4.69, 9.17) is 4.74 Å². The van der Waals surface area contributed by atoms with Crippen molar-refractivity contribution >= 4 is 17.3 Å². The smallest absolute Gasteiger partial charge is 0.246 e. The Labute approximate surface area is 191 Å². The Balaban J connectivity index is 1.61. The van der Waals surface area contributed by atoms with Gasteiger partial charge in [-0.2, -0.15) is 0 Å². The molecule has 1 N–H and O–H groups in total. The quantitative estimate of drug-likeness (QED) is 0.522. The molecule has 0 aliphatic carbocycles. The summed E-state index contributed by atoms with van der Waals surface area (Å²) in [5.74, 6) is 0.891. The summed E-state index contributed by atoms with van der Waals surface area (Å²) in [6.07, 6.45) is 0.843. The van der Waals surface area contributed by atoms with Crippen LogP contribution in [0, 0.1) is 0 Å². The maximum Gasteiger partial charge on any atom is 0.246 e. The number of carbonyl (C=O) groups excluding carboxylic acids is 1. The molecule has 4 nitrogen and oxygen atoms in total. The summed E-state index contributed by atoms with van der Waals surface area (Å²) in [5.41, 5.74) is 3.87. The van der Waals surface area contributed by atoms with Gasteiger partial charge in [0.05, 0.1) is 13.2 Å². The second-order valence-electron chi connectivity index (χ2n) is 9.24. The number of benzene rings is 3. The van der Waals surface area contributed by atoms with Gasteiger partial charge >= 0.3 is 0 Å². The van der Waals surface area contributed by atoms with Gasteiger partial charge in [-0.25, -0.2) is 0 Å². The van der Waals surface area contributed by atoms with Crippen molar-refractivity contribution in [2.75, 3.05) is 23.4 Å². The Morgan fingerprint density at radius 2 is 1.59 bits per heavy atom. The van der Waals surface area contributed by atoms with Crippen LogP contribution in [0.4, 0.5) is 11.4 Å². The molecule has 1 amide bonds. The van der Waals surface area contributed by atoms with Gasteiger partial charge in [0.25, 0.3) is 0 Å². The van der Waals surface area contributed by atoms with Crippen LogP contribution in [0.3, 0.4) is 0 Å². The van der Waals surface area contributed by atoms with Crippen molar-refractivity contribution in [2.45, 2.75) is 45.1 Å². The Hall–Kier alpha value is -3.27. The summed E-state index contributed by atoms with van der Waals surface area (Å²) in [7, 11) is 0. The molecule has 3 aromatic carbocycles. The third-order valence-electron chi connectivity index (χ3n) is 6.40. The molecular formula is C28H32N2O2. The first-order valence-electron chi connectivity index (χ1n) is 11.3. The van der Waals surface area contributed by atoms with Gasteiger partial charge in [0.1, 0.15) is 5.75 Å². The Morgan fingerprint density at radius 1 is 0.938 bits per heavy atom. The maximum absolute atomic E-state index is 13.5. The fourth-order valence-corrected chi connectivity index (χ4v) is 5.13. The minimum absolute atomic E-state index is 0.0615. The van der Waals surface area contributed by atoms with Crippen molar-refractivity contribution in [1.82, 2.24) is 0 Å². The van der Waals surface area contributed by atoms with Gasteiger partial charge in [-0.05, 0) is 68.7 Å². The largest absolute Gasteiger partial charge is 0.494 e. The average Bonchev–Trinajstić information content (AvgIpc) is 2.79. The second kappa shape index (κ2) is 8.70. The summed E-state index contributed by atoms with van der Waals surface area (Å²) in [4.78, 5) is 15.5. The minimum Gasteiger partial charge on any atom is -0.494 e. The van der Waals surface area contributed by atoms with Crippen molar-refractivity contribution in [2.24, 2.45) is 0 Å². The van der Waals surface area contributed by atoms with E-state index in [-0.39, 0.29) is 23.4 Å². The number of ether oxygens (including phenoxy) is 1.